The topological polar surface area (TPSA) is 151 Å². The van der Waals surface area contributed by atoms with Crippen molar-refractivity contribution >= 4 is 49.1 Å². The summed E-state index contributed by atoms with van der Waals surface area (Å²) in [6.45, 7) is 0. The lowest BCUT2D eigenvalue weighted by Gasteiger charge is -2.13. The summed E-state index contributed by atoms with van der Waals surface area (Å²) in [5.41, 5.74) is -1.64. The number of carbonyl (C=O) groups excluding carboxylic acids is 1. The van der Waals surface area contributed by atoms with E-state index in [2.05, 4.69) is 36.2 Å². The highest BCUT2D eigenvalue weighted by atomic mass is 79.9. The third kappa shape index (κ3) is 4.21. The summed E-state index contributed by atoms with van der Waals surface area (Å²) in [5, 5.41) is 9.05. The van der Waals surface area contributed by atoms with Crippen molar-refractivity contribution in [1.82, 2.24) is 24.5 Å². The lowest BCUT2D eigenvalue weighted by Crippen LogP contribution is -2.30. The van der Waals surface area contributed by atoms with Crippen LogP contribution in [0.2, 0.25) is 0 Å². The summed E-state index contributed by atoms with van der Waals surface area (Å²) in [7, 11) is 1.99. The van der Waals surface area contributed by atoms with Gasteiger partial charge in [0.2, 0.25) is 10.0 Å². The Balaban J connectivity index is 2.73. The largest absolute Gasteiger partial charge is 0.343 e. The number of rotatable bonds is 5. The first-order valence-electron chi connectivity index (χ1n) is 7.35. The summed E-state index contributed by atoms with van der Waals surface area (Å²) in [6, 6.07) is 0. The molecule has 12 nitrogen and oxygen atoms in total. The Morgan fingerprint density at radius 2 is 1.81 bits per heavy atom. The molecule has 0 atom stereocenters. The molecule has 1 amide bonds. The number of aromatic amines is 1. The fraction of sp³-hybridized carbons (Fsp3) is 0.385. The molecule has 0 aliphatic carbocycles. The molecule has 0 aliphatic heterocycles. The van der Waals surface area contributed by atoms with E-state index in [1.165, 1.54) is 37.8 Å². The first-order valence-corrected chi connectivity index (χ1v) is 10.0. The van der Waals surface area contributed by atoms with Crippen LogP contribution in [0.3, 0.4) is 0 Å². The van der Waals surface area contributed by atoms with Crippen molar-refractivity contribution in [3.8, 4) is 0 Å². The number of amides is 1. The van der Waals surface area contributed by atoms with E-state index >= 15 is 0 Å². The molecule has 0 saturated heterocycles. The molecule has 0 bridgehead atoms. The van der Waals surface area contributed by atoms with Gasteiger partial charge in [-0.1, -0.05) is 0 Å². The van der Waals surface area contributed by atoms with Crippen molar-refractivity contribution in [1.29, 1.82) is 0 Å². The number of aromatic nitrogens is 4. The molecule has 14 heteroatoms. The number of anilines is 3. The second-order valence-corrected chi connectivity index (χ2v) is 8.43. The zero-order valence-electron chi connectivity index (χ0n) is 15.1. The number of hydrogen-bond acceptors (Lipinski definition) is 7. The number of hydrogen-bond donors (Lipinski definition) is 3. The maximum absolute atomic E-state index is 12.4. The smallest absolute Gasteiger partial charge is 0.289 e. The van der Waals surface area contributed by atoms with Gasteiger partial charge < -0.3 is 10.2 Å². The quantitative estimate of drug-likeness (QED) is 0.534. The number of carbonyl (C=O) groups is 1. The number of aryl methyl sites for hydroxylation is 2. The van der Waals surface area contributed by atoms with Crippen molar-refractivity contribution in [2.75, 3.05) is 30.4 Å². The van der Waals surface area contributed by atoms with Gasteiger partial charge in [-0.25, -0.2) is 13.1 Å². The average Bonchev–Trinajstić information content (AvgIpc) is 2.83. The molecule has 2 aromatic heterocycles. The first-order chi connectivity index (χ1) is 12.3. The van der Waals surface area contributed by atoms with E-state index in [9.17, 15) is 22.8 Å². The van der Waals surface area contributed by atoms with Gasteiger partial charge in [-0.05, 0) is 15.9 Å². The van der Waals surface area contributed by atoms with Crippen LogP contribution in [0.25, 0.3) is 0 Å². The van der Waals surface area contributed by atoms with Crippen LogP contribution in [0.1, 0.15) is 10.5 Å². The maximum Gasteiger partial charge on any atom is 0.289 e. The molecular formula is C13H18BrN7O5S. The van der Waals surface area contributed by atoms with Crippen molar-refractivity contribution in [2.45, 2.75) is 0 Å². The Hall–Kier alpha value is -2.61. The molecule has 0 aromatic carbocycles. The molecule has 2 rings (SSSR count). The average molecular weight is 464 g/mol. The molecule has 27 heavy (non-hydrogen) atoms. The summed E-state index contributed by atoms with van der Waals surface area (Å²) >= 11 is 3.03. The molecule has 2 heterocycles. The predicted octanol–water partition coefficient (Wildman–Crippen LogP) is -0.613. The van der Waals surface area contributed by atoms with Gasteiger partial charge in [0.1, 0.15) is 15.8 Å². The molecule has 0 saturated carbocycles. The summed E-state index contributed by atoms with van der Waals surface area (Å²) in [5.74, 6) is -0.545. The van der Waals surface area contributed by atoms with Crippen molar-refractivity contribution in [2.24, 2.45) is 14.1 Å². The zero-order valence-corrected chi connectivity index (χ0v) is 17.5. The number of sulfonamides is 1. The Morgan fingerprint density at radius 3 is 2.33 bits per heavy atom. The van der Waals surface area contributed by atoms with Crippen LogP contribution in [0.5, 0.6) is 0 Å². The molecule has 0 aliphatic rings. The van der Waals surface area contributed by atoms with E-state index in [0.717, 1.165) is 10.9 Å². The highest BCUT2D eigenvalue weighted by Gasteiger charge is 2.26. The number of nitrogens with zero attached hydrogens (tertiary/aromatic N) is 4. The molecule has 0 spiro atoms. The van der Waals surface area contributed by atoms with Gasteiger partial charge in [0.25, 0.3) is 17.0 Å². The highest BCUT2D eigenvalue weighted by Crippen LogP contribution is 2.30. The van der Waals surface area contributed by atoms with E-state index < -0.39 is 27.0 Å². The molecule has 2 aromatic rings. The van der Waals surface area contributed by atoms with E-state index in [1.54, 1.807) is 0 Å². The van der Waals surface area contributed by atoms with Gasteiger partial charge in [0.15, 0.2) is 11.5 Å². The van der Waals surface area contributed by atoms with Crippen molar-refractivity contribution < 1.29 is 13.2 Å². The fourth-order valence-electron chi connectivity index (χ4n) is 2.16. The SMILES string of the molecule is CN(C)C(=O)c1nn(C)c(Nc2c(Br)c(=O)[nH]n(C)c2=O)c1NS(C)(=O)=O. The lowest BCUT2D eigenvalue weighted by molar-refractivity contribution is 0.0822. The van der Waals surface area contributed by atoms with Gasteiger partial charge in [0, 0.05) is 28.2 Å². The fourth-order valence-corrected chi connectivity index (χ4v) is 3.09. The summed E-state index contributed by atoms with van der Waals surface area (Å²) < 4.78 is 27.8. The van der Waals surface area contributed by atoms with Gasteiger partial charge >= 0.3 is 0 Å². The summed E-state index contributed by atoms with van der Waals surface area (Å²) in [4.78, 5) is 37.9. The molecule has 0 radical (unpaired) electrons. The van der Waals surface area contributed by atoms with Crippen LogP contribution in [0.15, 0.2) is 14.1 Å². The Bertz CT molecular complexity index is 1130. The van der Waals surface area contributed by atoms with Crippen LogP contribution in [-0.4, -0.2) is 59.1 Å². The number of halogens is 1. The molecule has 3 N–H and O–H groups in total. The minimum atomic E-state index is -3.77. The third-order valence-corrected chi connectivity index (χ3v) is 4.72. The van der Waals surface area contributed by atoms with Crippen LogP contribution >= 0.6 is 15.9 Å². The monoisotopic (exact) mass is 463 g/mol. The van der Waals surface area contributed by atoms with Crippen molar-refractivity contribution in [3.05, 3.63) is 30.9 Å². The van der Waals surface area contributed by atoms with E-state index in [-0.39, 0.29) is 27.4 Å². The summed E-state index contributed by atoms with van der Waals surface area (Å²) in [6.07, 6.45) is 0.913. The normalized spacial score (nSPS) is 11.3. The van der Waals surface area contributed by atoms with Crippen LogP contribution in [0, 0.1) is 0 Å². The third-order valence-electron chi connectivity index (χ3n) is 3.39. The molecule has 148 valence electrons. The van der Waals surface area contributed by atoms with Gasteiger partial charge in [0.05, 0.1) is 6.26 Å². The van der Waals surface area contributed by atoms with Gasteiger partial charge in [-0.15, -0.1) is 0 Å². The Morgan fingerprint density at radius 1 is 1.22 bits per heavy atom. The van der Waals surface area contributed by atoms with Crippen LogP contribution < -0.4 is 21.2 Å². The number of nitrogens with one attached hydrogen (secondary N) is 3. The number of H-pyrrole nitrogens is 1. The van der Waals surface area contributed by atoms with Crippen molar-refractivity contribution in [3.63, 3.8) is 0 Å². The highest BCUT2D eigenvalue weighted by molar-refractivity contribution is 9.10. The minimum Gasteiger partial charge on any atom is -0.343 e. The van der Waals surface area contributed by atoms with E-state index in [4.69, 9.17) is 0 Å². The molecule has 0 unspecified atom stereocenters. The minimum absolute atomic E-state index is 0.00836. The Labute approximate surface area is 162 Å². The zero-order chi connectivity index (χ0) is 20.7. The van der Waals surface area contributed by atoms with Crippen LogP contribution in [-0.2, 0) is 24.1 Å². The standard InChI is InChI=1S/C13H18BrN7O5S/c1-19(2)12(23)9-8(18-27(5,25)26)10(20(3)16-9)15-7-6(14)11(22)17-21(4)13(7)24/h15,18H,1-5H3,(H,17,22). The van der Waals surface area contributed by atoms with E-state index in [1.807, 2.05) is 0 Å². The second kappa shape index (κ2) is 7.19. The van der Waals surface area contributed by atoms with Crippen LogP contribution in [0.4, 0.5) is 17.2 Å². The lowest BCUT2D eigenvalue weighted by atomic mass is 10.3. The predicted molar refractivity (Wildman–Crippen MR) is 103 cm³/mol. The molecule has 0 fully saturated rings. The van der Waals surface area contributed by atoms with Gasteiger partial charge in [-0.3, -0.25) is 28.9 Å². The van der Waals surface area contributed by atoms with E-state index in [0.29, 0.717) is 0 Å². The maximum atomic E-state index is 12.4. The van der Waals surface area contributed by atoms with Gasteiger partial charge in [-0.2, -0.15) is 5.10 Å². The second-order valence-electron chi connectivity index (χ2n) is 5.89. The molecular weight excluding hydrogens is 446 g/mol. The first kappa shape index (κ1) is 20.7. The Kier molecular flexibility index (Phi) is 5.51.